The van der Waals surface area contributed by atoms with Gasteiger partial charge in [0, 0.05) is 38.8 Å². The van der Waals surface area contributed by atoms with Crippen LogP contribution in [0.25, 0.3) is 11.0 Å². The van der Waals surface area contributed by atoms with E-state index in [1.165, 1.54) is 0 Å². The van der Waals surface area contributed by atoms with Gasteiger partial charge in [0.2, 0.25) is 0 Å². The lowest BCUT2D eigenvalue weighted by molar-refractivity contribution is 0.0338. The summed E-state index contributed by atoms with van der Waals surface area (Å²) in [4.78, 5) is 16.4. The number of carbonyl (C=O) groups excluding carboxylic acids is 1. The zero-order chi connectivity index (χ0) is 14.7. The molecule has 1 fully saturated rings. The van der Waals surface area contributed by atoms with Gasteiger partial charge in [0.05, 0.1) is 13.2 Å². The first-order valence-corrected chi connectivity index (χ1v) is 7.02. The van der Waals surface area contributed by atoms with Gasteiger partial charge in [-0.1, -0.05) is 0 Å². The summed E-state index contributed by atoms with van der Waals surface area (Å²) in [6.07, 6.45) is 0. The molecular formula is C14H18N4O3. The van der Waals surface area contributed by atoms with Crippen molar-refractivity contribution < 1.29 is 14.2 Å². The van der Waals surface area contributed by atoms with Crippen LogP contribution in [0, 0.1) is 0 Å². The fourth-order valence-electron chi connectivity index (χ4n) is 2.35. The molecule has 7 nitrogen and oxygen atoms in total. The Morgan fingerprint density at radius 2 is 2.05 bits per heavy atom. The third-order valence-corrected chi connectivity index (χ3v) is 3.70. The van der Waals surface area contributed by atoms with Gasteiger partial charge in [0.15, 0.2) is 0 Å². The molecule has 112 valence electrons. The van der Waals surface area contributed by atoms with Crippen molar-refractivity contribution in [2.75, 3.05) is 46.4 Å². The number of carbonyl (C=O) groups is 1. The molecule has 2 heterocycles. The van der Waals surface area contributed by atoms with Gasteiger partial charge in [-0.3, -0.25) is 9.69 Å². The molecule has 1 amide bonds. The summed E-state index contributed by atoms with van der Waals surface area (Å²) in [7, 11) is 1.81. The normalized spacial score (nSPS) is 16.2. The van der Waals surface area contributed by atoms with Gasteiger partial charge in [-0.15, -0.1) is 0 Å². The molecular weight excluding hydrogens is 272 g/mol. The van der Waals surface area contributed by atoms with Crippen molar-refractivity contribution in [3.8, 4) is 0 Å². The van der Waals surface area contributed by atoms with E-state index < -0.39 is 0 Å². The number of amides is 1. The number of nitrogens with zero attached hydrogens (tertiary/aromatic N) is 4. The van der Waals surface area contributed by atoms with Crippen LogP contribution in [-0.2, 0) is 4.74 Å². The summed E-state index contributed by atoms with van der Waals surface area (Å²) in [5.74, 6) is -0.0202. The Morgan fingerprint density at radius 3 is 2.86 bits per heavy atom. The van der Waals surface area contributed by atoms with Gasteiger partial charge in [-0.05, 0) is 28.5 Å². The van der Waals surface area contributed by atoms with E-state index in [1.54, 1.807) is 23.1 Å². The number of rotatable bonds is 4. The van der Waals surface area contributed by atoms with Crippen molar-refractivity contribution in [3.63, 3.8) is 0 Å². The smallest absolute Gasteiger partial charge is 0.253 e. The van der Waals surface area contributed by atoms with Crippen LogP contribution in [0.1, 0.15) is 10.4 Å². The molecule has 1 aliphatic rings. The Balaban J connectivity index is 1.60. The molecule has 1 aromatic heterocycles. The first-order chi connectivity index (χ1) is 10.2. The number of morpholine rings is 1. The second kappa shape index (κ2) is 6.19. The molecule has 0 unspecified atom stereocenters. The molecule has 1 aliphatic heterocycles. The maximum absolute atomic E-state index is 12.4. The molecule has 7 heteroatoms. The van der Waals surface area contributed by atoms with Crippen LogP contribution in [0.5, 0.6) is 0 Å². The Kier molecular flexibility index (Phi) is 4.12. The quantitative estimate of drug-likeness (QED) is 0.822. The van der Waals surface area contributed by atoms with Crippen LogP contribution < -0.4 is 0 Å². The summed E-state index contributed by atoms with van der Waals surface area (Å²) in [6, 6.07) is 5.20. The predicted molar refractivity (Wildman–Crippen MR) is 76.0 cm³/mol. The summed E-state index contributed by atoms with van der Waals surface area (Å²) in [6.45, 7) is 4.95. The fourth-order valence-corrected chi connectivity index (χ4v) is 2.35. The molecule has 0 saturated carbocycles. The van der Waals surface area contributed by atoms with Crippen LogP contribution in [0.2, 0.25) is 0 Å². The van der Waals surface area contributed by atoms with Crippen molar-refractivity contribution in [2.24, 2.45) is 0 Å². The van der Waals surface area contributed by atoms with E-state index in [0.717, 1.165) is 32.8 Å². The molecule has 0 atom stereocenters. The minimum absolute atomic E-state index is 0.0202. The highest BCUT2D eigenvalue weighted by Crippen LogP contribution is 2.13. The Labute approximate surface area is 122 Å². The predicted octanol–water partition coefficient (Wildman–Crippen LogP) is 0.627. The Hall–Kier alpha value is -1.99. The standard InChI is InChI=1S/C14H18N4O3/c1-17(4-5-18-6-8-20-9-7-18)14(19)11-2-3-12-13(10-11)16-21-15-12/h2-3,10H,4-9H2,1H3. The summed E-state index contributed by atoms with van der Waals surface area (Å²) < 4.78 is 9.96. The van der Waals surface area contributed by atoms with E-state index in [2.05, 4.69) is 19.8 Å². The number of hydrogen-bond donors (Lipinski definition) is 0. The fraction of sp³-hybridized carbons (Fsp3) is 0.500. The van der Waals surface area contributed by atoms with E-state index in [4.69, 9.17) is 4.74 Å². The highest BCUT2D eigenvalue weighted by Gasteiger charge is 2.16. The number of aromatic nitrogens is 2. The molecule has 0 aliphatic carbocycles. The summed E-state index contributed by atoms with van der Waals surface area (Å²) >= 11 is 0. The second-order valence-corrected chi connectivity index (χ2v) is 5.15. The van der Waals surface area contributed by atoms with Gasteiger partial charge >= 0.3 is 0 Å². The first-order valence-electron chi connectivity index (χ1n) is 7.02. The minimum atomic E-state index is -0.0202. The van der Waals surface area contributed by atoms with E-state index >= 15 is 0 Å². The van der Waals surface area contributed by atoms with E-state index in [-0.39, 0.29) is 5.91 Å². The lowest BCUT2D eigenvalue weighted by atomic mass is 10.2. The third kappa shape index (κ3) is 3.20. The maximum atomic E-state index is 12.4. The highest BCUT2D eigenvalue weighted by atomic mass is 16.6. The second-order valence-electron chi connectivity index (χ2n) is 5.15. The first kappa shape index (κ1) is 14.0. The summed E-state index contributed by atoms with van der Waals surface area (Å²) in [5.41, 5.74) is 1.85. The van der Waals surface area contributed by atoms with Gasteiger partial charge < -0.3 is 9.64 Å². The van der Waals surface area contributed by atoms with Gasteiger partial charge in [0.1, 0.15) is 11.0 Å². The minimum Gasteiger partial charge on any atom is -0.379 e. The van der Waals surface area contributed by atoms with Crippen LogP contribution in [-0.4, -0.2) is 72.5 Å². The Morgan fingerprint density at radius 1 is 1.29 bits per heavy atom. The molecule has 1 saturated heterocycles. The number of benzene rings is 1. The molecule has 0 bridgehead atoms. The van der Waals surface area contributed by atoms with Crippen molar-refractivity contribution in [1.82, 2.24) is 20.1 Å². The molecule has 0 spiro atoms. The number of hydrogen-bond acceptors (Lipinski definition) is 6. The molecule has 0 N–H and O–H groups in total. The van der Waals surface area contributed by atoms with Crippen LogP contribution in [0.4, 0.5) is 0 Å². The average molecular weight is 290 g/mol. The van der Waals surface area contributed by atoms with Crippen molar-refractivity contribution in [2.45, 2.75) is 0 Å². The average Bonchev–Trinajstić information content (AvgIpc) is 3.00. The van der Waals surface area contributed by atoms with Crippen molar-refractivity contribution in [1.29, 1.82) is 0 Å². The largest absolute Gasteiger partial charge is 0.379 e. The lowest BCUT2D eigenvalue weighted by Crippen LogP contribution is -2.41. The highest BCUT2D eigenvalue weighted by molar-refractivity contribution is 5.97. The topological polar surface area (TPSA) is 71.7 Å². The van der Waals surface area contributed by atoms with Gasteiger partial charge in [-0.2, -0.15) is 0 Å². The van der Waals surface area contributed by atoms with E-state index in [1.807, 2.05) is 7.05 Å². The van der Waals surface area contributed by atoms with Crippen LogP contribution in [0.3, 0.4) is 0 Å². The van der Waals surface area contributed by atoms with E-state index in [9.17, 15) is 4.79 Å². The zero-order valence-electron chi connectivity index (χ0n) is 12.0. The molecule has 3 rings (SSSR count). The van der Waals surface area contributed by atoms with Crippen molar-refractivity contribution >= 4 is 16.9 Å². The van der Waals surface area contributed by atoms with E-state index in [0.29, 0.717) is 23.1 Å². The van der Waals surface area contributed by atoms with Gasteiger partial charge in [-0.25, -0.2) is 4.63 Å². The third-order valence-electron chi connectivity index (χ3n) is 3.70. The molecule has 1 aromatic carbocycles. The zero-order valence-corrected chi connectivity index (χ0v) is 12.0. The summed E-state index contributed by atoms with van der Waals surface area (Å²) in [5, 5.41) is 7.49. The number of likely N-dealkylation sites (N-methyl/N-ethyl adjacent to an activating group) is 1. The maximum Gasteiger partial charge on any atom is 0.253 e. The van der Waals surface area contributed by atoms with Crippen LogP contribution in [0.15, 0.2) is 22.8 Å². The van der Waals surface area contributed by atoms with Gasteiger partial charge in [0.25, 0.3) is 5.91 Å². The van der Waals surface area contributed by atoms with Crippen molar-refractivity contribution in [3.05, 3.63) is 23.8 Å². The molecule has 21 heavy (non-hydrogen) atoms. The number of ether oxygens (including phenoxy) is 1. The molecule has 0 radical (unpaired) electrons. The number of fused-ring (bicyclic) bond motifs is 1. The monoisotopic (exact) mass is 290 g/mol. The SMILES string of the molecule is CN(CCN1CCOCC1)C(=O)c1ccc2nonc2c1. The van der Waals surface area contributed by atoms with Crippen LogP contribution >= 0.6 is 0 Å². The molecule has 2 aromatic rings. The Bertz CT molecular complexity index is 621. The lowest BCUT2D eigenvalue weighted by Gasteiger charge is -2.28.